The average molecular weight is 535 g/mol. The molecule has 1 aliphatic rings. The third kappa shape index (κ3) is 5.01. The Kier molecular flexibility index (Phi) is 5.96. The van der Waals surface area contributed by atoms with E-state index in [9.17, 15) is 13.2 Å². The first-order chi connectivity index (χ1) is 18.7. The van der Waals surface area contributed by atoms with Crippen molar-refractivity contribution in [1.82, 2.24) is 29.5 Å². The number of halogens is 3. The number of aryl methyl sites for hydroxylation is 2. The van der Waals surface area contributed by atoms with E-state index in [0.717, 1.165) is 46.0 Å². The van der Waals surface area contributed by atoms with Crippen molar-refractivity contribution in [3.8, 4) is 5.88 Å². The Balaban J connectivity index is 1.23. The SMILES string of the molecule is Cc1cc2c(N)nccc2c(C)c1CNc1cc(OCc2cn3nc(C4CC4)ccc3n2)nc(C(F)(F)F)n1. The van der Waals surface area contributed by atoms with Crippen molar-refractivity contribution in [3.05, 3.63) is 76.6 Å². The Morgan fingerprint density at radius 3 is 2.67 bits per heavy atom. The average Bonchev–Trinajstić information content (AvgIpc) is 3.66. The van der Waals surface area contributed by atoms with E-state index < -0.39 is 12.0 Å². The smallest absolute Gasteiger partial charge is 0.451 e. The summed E-state index contributed by atoms with van der Waals surface area (Å²) in [6.07, 6.45) is 0.842. The first-order valence-corrected chi connectivity index (χ1v) is 12.5. The fourth-order valence-corrected chi connectivity index (χ4v) is 4.66. The molecule has 1 saturated carbocycles. The first kappa shape index (κ1) is 24.8. The molecule has 4 heterocycles. The van der Waals surface area contributed by atoms with Gasteiger partial charge in [0.05, 0.1) is 17.6 Å². The number of nitrogens with one attached hydrogen (secondary N) is 1. The lowest BCUT2D eigenvalue weighted by Gasteiger charge is -2.16. The van der Waals surface area contributed by atoms with Gasteiger partial charge in [-0.25, -0.2) is 19.5 Å². The van der Waals surface area contributed by atoms with Crippen LogP contribution in [0.3, 0.4) is 0 Å². The van der Waals surface area contributed by atoms with Gasteiger partial charge in [-0.3, -0.25) is 0 Å². The van der Waals surface area contributed by atoms with Gasteiger partial charge in [-0.15, -0.1) is 0 Å². The number of pyridine rings is 1. The van der Waals surface area contributed by atoms with E-state index in [0.29, 0.717) is 23.1 Å². The highest BCUT2D eigenvalue weighted by Crippen LogP contribution is 2.38. The van der Waals surface area contributed by atoms with E-state index in [2.05, 4.69) is 30.4 Å². The zero-order chi connectivity index (χ0) is 27.3. The monoisotopic (exact) mass is 534 g/mol. The van der Waals surface area contributed by atoms with Crippen LogP contribution in [0.1, 0.15) is 52.7 Å². The van der Waals surface area contributed by atoms with Gasteiger partial charge >= 0.3 is 6.18 Å². The quantitative estimate of drug-likeness (QED) is 0.287. The number of anilines is 2. The van der Waals surface area contributed by atoms with Crippen LogP contribution in [0.25, 0.3) is 16.4 Å². The van der Waals surface area contributed by atoms with Crippen LogP contribution in [0.2, 0.25) is 0 Å². The minimum absolute atomic E-state index is 0.00814. The van der Waals surface area contributed by atoms with Gasteiger partial charge in [-0.05, 0) is 73.0 Å². The van der Waals surface area contributed by atoms with E-state index in [-0.39, 0.29) is 24.8 Å². The van der Waals surface area contributed by atoms with Crippen LogP contribution in [0.5, 0.6) is 5.88 Å². The van der Waals surface area contributed by atoms with E-state index in [1.54, 1.807) is 16.9 Å². The summed E-state index contributed by atoms with van der Waals surface area (Å²) in [6, 6.07) is 8.97. The molecule has 3 N–H and O–H groups in total. The maximum Gasteiger partial charge on any atom is 0.451 e. The summed E-state index contributed by atoms with van der Waals surface area (Å²) >= 11 is 0. The predicted octanol–water partition coefficient (Wildman–Crippen LogP) is 5.35. The number of nitrogens with two attached hydrogens (primary N) is 1. The lowest BCUT2D eigenvalue weighted by Crippen LogP contribution is -2.15. The minimum Gasteiger partial charge on any atom is -0.471 e. The van der Waals surface area contributed by atoms with E-state index in [1.807, 2.05) is 38.1 Å². The summed E-state index contributed by atoms with van der Waals surface area (Å²) in [5, 5.41) is 9.34. The highest BCUT2D eigenvalue weighted by Gasteiger charge is 2.36. The Bertz CT molecular complexity index is 1710. The molecule has 39 heavy (non-hydrogen) atoms. The van der Waals surface area contributed by atoms with Gasteiger partial charge in [0.2, 0.25) is 11.7 Å². The molecule has 1 fully saturated rings. The van der Waals surface area contributed by atoms with Gasteiger partial charge in [0.1, 0.15) is 18.2 Å². The summed E-state index contributed by atoms with van der Waals surface area (Å²) in [5.41, 5.74) is 11.0. The molecule has 5 aromatic rings. The molecule has 0 bridgehead atoms. The third-order valence-electron chi connectivity index (χ3n) is 6.87. The number of hydrogen-bond donors (Lipinski definition) is 2. The Morgan fingerprint density at radius 2 is 1.90 bits per heavy atom. The predicted molar refractivity (Wildman–Crippen MR) is 139 cm³/mol. The molecule has 0 atom stereocenters. The van der Waals surface area contributed by atoms with Crippen molar-refractivity contribution in [2.75, 3.05) is 11.1 Å². The molecule has 12 heteroatoms. The molecule has 6 rings (SSSR count). The minimum atomic E-state index is -4.75. The molecule has 0 amide bonds. The van der Waals surface area contributed by atoms with Gasteiger partial charge in [0.25, 0.3) is 0 Å². The number of alkyl halides is 3. The van der Waals surface area contributed by atoms with Crippen LogP contribution in [-0.2, 0) is 19.3 Å². The zero-order valence-electron chi connectivity index (χ0n) is 21.3. The molecule has 4 aromatic heterocycles. The Morgan fingerprint density at radius 1 is 1.08 bits per heavy atom. The number of nitrogens with zero attached hydrogens (tertiary/aromatic N) is 6. The van der Waals surface area contributed by atoms with E-state index in [4.69, 9.17) is 10.5 Å². The standard InChI is InChI=1S/C27H25F3N8O/c1-14-9-19-18(7-8-32-25(19)31)15(2)20(14)11-33-22-10-24(36-26(35-22)27(28,29)30)39-13-17-12-38-23(34-17)6-5-21(37-38)16-3-4-16/h5-10,12,16H,3-4,11,13H2,1-2H3,(H2,31,32)(H,33,35,36). The highest BCUT2D eigenvalue weighted by atomic mass is 19.4. The van der Waals surface area contributed by atoms with Crippen LogP contribution >= 0.6 is 0 Å². The number of fused-ring (bicyclic) bond motifs is 2. The molecule has 200 valence electrons. The van der Waals surface area contributed by atoms with Gasteiger partial charge in [-0.2, -0.15) is 23.3 Å². The fourth-order valence-electron chi connectivity index (χ4n) is 4.66. The van der Waals surface area contributed by atoms with Crippen LogP contribution in [0.4, 0.5) is 24.8 Å². The molecule has 0 unspecified atom stereocenters. The molecule has 0 aliphatic heterocycles. The summed E-state index contributed by atoms with van der Waals surface area (Å²) in [4.78, 5) is 15.9. The summed E-state index contributed by atoms with van der Waals surface area (Å²) < 4.78 is 48.1. The number of imidazole rings is 1. The number of aromatic nitrogens is 6. The molecule has 9 nitrogen and oxygen atoms in total. The highest BCUT2D eigenvalue weighted by molar-refractivity contribution is 5.94. The number of rotatable bonds is 7. The van der Waals surface area contributed by atoms with E-state index >= 15 is 0 Å². The van der Waals surface area contributed by atoms with Gasteiger partial charge < -0.3 is 15.8 Å². The Labute approximate surface area is 221 Å². The van der Waals surface area contributed by atoms with Crippen molar-refractivity contribution in [1.29, 1.82) is 0 Å². The molecule has 0 saturated heterocycles. The van der Waals surface area contributed by atoms with Crippen molar-refractivity contribution in [2.45, 2.75) is 51.9 Å². The van der Waals surface area contributed by atoms with Crippen molar-refractivity contribution >= 4 is 28.1 Å². The van der Waals surface area contributed by atoms with Gasteiger partial charge in [-0.1, -0.05) is 0 Å². The molecular weight excluding hydrogens is 509 g/mol. The number of hydrogen-bond acceptors (Lipinski definition) is 8. The van der Waals surface area contributed by atoms with Crippen LogP contribution < -0.4 is 15.8 Å². The van der Waals surface area contributed by atoms with Crippen molar-refractivity contribution < 1.29 is 17.9 Å². The molecular formula is C27H25F3N8O. The summed E-state index contributed by atoms with van der Waals surface area (Å²) in [5.74, 6) is -0.600. The molecule has 0 radical (unpaired) electrons. The first-order valence-electron chi connectivity index (χ1n) is 12.5. The second-order valence-corrected chi connectivity index (χ2v) is 9.71. The summed E-state index contributed by atoms with van der Waals surface area (Å²) in [6.45, 7) is 4.03. The van der Waals surface area contributed by atoms with Crippen molar-refractivity contribution in [2.24, 2.45) is 0 Å². The van der Waals surface area contributed by atoms with Crippen LogP contribution in [0, 0.1) is 13.8 Å². The lowest BCUT2D eigenvalue weighted by molar-refractivity contribution is -0.145. The summed E-state index contributed by atoms with van der Waals surface area (Å²) in [7, 11) is 0. The van der Waals surface area contributed by atoms with Gasteiger partial charge in [0.15, 0.2) is 5.65 Å². The maximum absolute atomic E-state index is 13.6. The second-order valence-electron chi connectivity index (χ2n) is 9.71. The largest absolute Gasteiger partial charge is 0.471 e. The third-order valence-corrected chi connectivity index (χ3v) is 6.87. The van der Waals surface area contributed by atoms with Gasteiger partial charge in [0, 0.05) is 30.1 Å². The number of ether oxygens (including phenoxy) is 1. The normalized spacial score (nSPS) is 13.8. The molecule has 1 aromatic carbocycles. The zero-order valence-corrected chi connectivity index (χ0v) is 21.3. The fraction of sp³-hybridized carbons (Fsp3) is 0.296. The Hall–Kier alpha value is -4.48. The second kappa shape index (κ2) is 9.37. The maximum atomic E-state index is 13.6. The molecule has 1 aliphatic carbocycles. The number of benzene rings is 1. The number of nitrogen functional groups attached to an aromatic ring is 1. The molecule has 0 spiro atoms. The van der Waals surface area contributed by atoms with Crippen LogP contribution in [-0.4, -0.2) is 29.5 Å². The lowest BCUT2D eigenvalue weighted by atomic mass is 9.96. The van der Waals surface area contributed by atoms with E-state index in [1.165, 1.54) is 6.07 Å². The van der Waals surface area contributed by atoms with Crippen LogP contribution in [0.15, 0.2) is 42.7 Å². The van der Waals surface area contributed by atoms with Crippen molar-refractivity contribution in [3.63, 3.8) is 0 Å². The topological polar surface area (TPSA) is 116 Å².